The third-order valence-electron chi connectivity index (χ3n) is 7.84. The van der Waals surface area contributed by atoms with Crippen LogP contribution in [0.2, 0.25) is 5.02 Å². The topological polar surface area (TPSA) is 96.0 Å². The lowest BCUT2D eigenvalue weighted by molar-refractivity contribution is -0.140. The number of hydrogen-bond acceptors (Lipinski definition) is 5. The van der Waals surface area contributed by atoms with Gasteiger partial charge in [0.2, 0.25) is 11.8 Å². The van der Waals surface area contributed by atoms with Gasteiger partial charge in [0.05, 0.1) is 17.7 Å². The molecule has 4 rings (SSSR count). The van der Waals surface area contributed by atoms with E-state index in [9.17, 15) is 18.0 Å². The van der Waals surface area contributed by atoms with Crippen LogP contribution in [-0.4, -0.2) is 50.9 Å². The molecular formula is C36H39BrClN3O5S. The average molecular weight is 741 g/mol. The van der Waals surface area contributed by atoms with Gasteiger partial charge < -0.3 is 15.0 Å². The Kier molecular flexibility index (Phi) is 12.5. The minimum atomic E-state index is -4.31. The molecule has 248 valence electrons. The van der Waals surface area contributed by atoms with E-state index in [-0.39, 0.29) is 46.3 Å². The van der Waals surface area contributed by atoms with Crippen molar-refractivity contribution >= 4 is 55.1 Å². The number of halogens is 2. The fraction of sp³-hybridized carbons (Fsp3) is 0.278. The first-order valence-electron chi connectivity index (χ1n) is 15.2. The molecule has 0 heterocycles. The van der Waals surface area contributed by atoms with Crippen molar-refractivity contribution in [3.05, 3.63) is 123 Å². The third kappa shape index (κ3) is 9.37. The Morgan fingerprint density at radius 3 is 2.21 bits per heavy atom. The maximum atomic E-state index is 14.7. The largest absolute Gasteiger partial charge is 0.495 e. The second-order valence-electron chi connectivity index (χ2n) is 11.3. The molecule has 0 spiro atoms. The van der Waals surface area contributed by atoms with E-state index in [0.29, 0.717) is 6.42 Å². The van der Waals surface area contributed by atoms with Gasteiger partial charge >= 0.3 is 0 Å². The maximum Gasteiger partial charge on any atom is 0.264 e. The van der Waals surface area contributed by atoms with Crippen LogP contribution < -0.4 is 14.4 Å². The highest BCUT2D eigenvalue weighted by Crippen LogP contribution is 2.35. The van der Waals surface area contributed by atoms with Gasteiger partial charge in [-0.15, -0.1) is 0 Å². The van der Waals surface area contributed by atoms with Gasteiger partial charge in [-0.25, -0.2) is 8.42 Å². The summed E-state index contributed by atoms with van der Waals surface area (Å²) in [5, 5.41) is 3.31. The van der Waals surface area contributed by atoms with Crippen LogP contribution in [0.5, 0.6) is 5.75 Å². The van der Waals surface area contributed by atoms with Crippen molar-refractivity contribution in [2.75, 3.05) is 18.0 Å². The molecule has 0 saturated carbocycles. The van der Waals surface area contributed by atoms with Crippen LogP contribution in [0, 0.1) is 6.92 Å². The third-order valence-corrected chi connectivity index (χ3v) is 10.4. The molecule has 0 bridgehead atoms. The maximum absolute atomic E-state index is 14.7. The van der Waals surface area contributed by atoms with Gasteiger partial charge in [-0.3, -0.25) is 13.9 Å². The first-order chi connectivity index (χ1) is 22.4. The van der Waals surface area contributed by atoms with Crippen molar-refractivity contribution in [3.8, 4) is 5.75 Å². The number of amides is 2. The monoisotopic (exact) mass is 739 g/mol. The molecule has 4 aromatic carbocycles. The highest BCUT2D eigenvalue weighted by molar-refractivity contribution is 9.10. The fourth-order valence-electron chi connectivity index (χ4n) is 4.99. The van der Waals surface area contributed by atoms with Crippen molar-refractivity contribution < 1.29 is 22.7 Å². The number of nitrogens with one attached hydrogen (secondary N) is 1. The molecule has 0 saturated heterocycles. The summed E-state index contributed by atoms with van der Waals surface area (Å²) in [6, 6.07) is 26.7. The molecule has 0 aliphatic rings. The predicted octanol–water partition coefficient (Wildman–Crippen LogP) is 7.17. The second-order valence-corrected chi connectivity index (χ2v) is 14.5. The van der Waals surface area contributed by atoms with E-state index in [1.54, 1.807) is 24.3 Å². The first kappa shape index (κ1) is 36.0. The van der Waals surface area contributed by atoms with E-state index in [2.05, 4.69) is 21.2 Å². The first-order valence-corrected chi connectivity index (χ1v) is 17.8. The molecule has 0 aliphatic carbocycles. The molecule has 0 aliphatic heterocycles. The van der Waals surface area contributed by atoms with Crippen LogP contribution in [0.1, 0.15) is 37.0 Å². The Bertz CT molecular complexity index is 1770. The van der Waals surface area contributed by atoms with Gasteiger partial charge in [-0.1, -0.05) is 94.6 Å². The molecule has 2 amide bonds. The standard InChI is InChI=1S/C36H39BrClN3O5S/c1-5-26(3)39-36(43)33(21-27-9-7-6-8-10-27)40(23-28-13-15-29(37)16-14-28)35(42)24-41(32-22-30(38)17-20-34(32)46-4)47(44,45)31-18-11-25(2)12-19-31/h6-20,22,26,33H,5,21,23-24H2,1-4H3,(H,39,43)/t26-,33+/m1/s1. The average Bonchev–Trinajstić information content (AvgIpc) is 3.06. The minimum Gasteiger partial charge on any atom is -0.495 e. The van der Waals surface area contributed by atoms with E-state index in [4.69, 9.17) is 16.3 Å². The Balaban J connectivity index is 1.85. The predicted molar refractivity (Wildman–Crippen MR) is 190 cm³/mol. The van der Waals surface area contributed by atoms with Gasteiger partial charge in [-0.05, 0) is 73.9 Å². The zero-order chi connectivity index (χ0) is 34.1. The molecule has 4 aromatic rings. The van der Waals surface area contributed by atoms with Gasteiger partial charge in [0, 0.05) is 28.5 Å². The smallest absolute Gasteiger partial charge is 0.264 e. The number of methoxy groups -OCH3 is 1. The molecule has 2 atom stereocenters. The van der Waals surface area contributed by atoms with Crippen LogP contribution in [0.25, 0.3) is 0 Å². The van der Waals surface area contributed by atoms with E-state index in [1.165, 1.54) is 30.2 Å². The normalized spacial score (nSPS) is 12.6. The lowest BCUT2D eigenvalue weighted by Gasteiger charge is -2.34. The van der Waals surface area contributed by atoms with Crippen molar-refractivity contribution in [2.24, 2.45) is 0 Å². The van der Waals surface area contributed by atoms with Crippen molar-refractivity contribution in [3.63, 3.8) is 0 Å². The summed E-state index contributed by atoms with van der Waals surface area (Å²) in [6.45, 7) is 5.16. The van der Waals surface area contributed by atoms with E-state index in [0.717, 1.165) is 25.5 Å². The van der Waals surface area contributed by atoms with Gasteiger partial charge in [-0.2, -0.15) is 0 Å². The summed E-state index contributed by atoms with van der Waals surface area (Å²) >= 11 is 9.83. The summed E-state index contributed by atoms with van der Waals surface area (Å²) in [6.07, 6.45) is 0.915. The number of anilines is 1. The molecule has 8 nitrogen and oxygen atoms in total. The summed E-state index contributed by atoms with van der Waals surface area (Å²) in [7, 11) is -2.90. The number of rotatable bonds is 14. The van der Waals surface area contributed by atoms with E-state index >= 15 is 0 Å². The number of carbonyl (C=O) groups is 2. The number of hydrogen-bond donors (Lipinski definition) is 1. The number of benzene rings is 4. The zero-order valence-electron chi connectivity index (χ0n) is 26.8. The summed E-state index contributed by atoms with van der Waals surface area (Å²) < 4.78 is 36.1. The highest BCUT2D eigenvalue weighted by atomic mass is 79.9. The van der Waals surface area contributed by atoms with Crippen molar-refractivity contribution in [1.82, 2.24) is 10.2 Å². The minimum absolute atomic E-state index is 0.00672. The number of carbonyl (C=O) groups excluding carboxylic acids is 2. The van der Waals surface area contributed by atoms with Gasteiger partial charge in [0.15, 0.2) is 0 Å². The van der Waals surface area contributed by atoms with E-state index < -0.39 is 28.5 Å². The lowest BCUT2D eigenvalue weighted by Crippen LogP contribution is -2.54. The number of ether oxygens (including phenoxy) is 1. The molecule has 47 heavy (non-hydrogen) atoms. The second kappa shape index (κ2) is 16.3. The number of aryl methyl sites for hydroxylation is 1. The van der Waals surface area contributed by atoms with E-state index in [1.807, 2.05) is 75.4 Å². The zero-order valence-corrected chi connectivity index (χ0v) is 30.0. The van der Waals surface area contributed by atoms with Crippen LogP contribution in [0.15, 0.2) is 106 Å². The SMILES string of the molecule is CC[C@@H](C)NC(=O)[C@H](Cc1ccccc1)N(Cc1ccc(Br)cc1)C(=O)CN(c1cc(Cl)ccc1OC)S(=O)(=O)c1ccc(C)cc1. The molecule has 0 unspecified atom stereocenters. The quantitative estimate of drug-likeness (QED) is 0.148. The summed E-state index contributed by atoms with van der Waals surface area (Å²) in [5.41, 5.74) is 2.60. The number of sulfonamides is 1. The van der Waals surface area contributed by atoms with Gasteiger partial charge in [0.1, 0.15) is 18.3 Å². The fourth-order valence-corrected chi connectivity index (χ4v) is 6.84. The highest BCUT2D eigenvalue weighted by Gasteiger charge is 2.36. The molecule has 0 fully saturated rings. The van der Waals surface area contributed by atoms with Crippen LogP contribution >= 0.6 is 27.5 Å². The van der Waals surface area contributed by atoms with Gasteiger partial charge in [0.25, 0.3) is 10.0 Å². The molecule has 0 aromatic heterocycles. The Labute approximate surface area is 290 Å². The van der Waals surface area contributed by atoms with Crippen LogP contribution in [-0.2, 0) is 32.6 Å². The van der Waals surface area contributed by atoms with Crippen molar-refractivity contribution in [1.29, 1.82) is 0 Å². The molecule has 0 radical (unpaired) electrons. The Morgan fingerprint density at radius 2 is 1.60 bits per heavy atom. The molecular weight excluding hydrogens is 702 g/mol. The summed E-state index contributed by atoms with van der Waals surface area (Å²) in [4.78, 5) is 30.1. The molecule has 11 heteroatoms. The molecule has 1 N–H and O–H groups in total. The summed E-state index contributed by atoms with van der Waals surface area (Å²) in [5.74, 6) is -0.694. The Morgan fingerprint density at radius 1 is 0.936 bits per heavy atom. The Hall–Kier alpha value is -3.86. The van der Waals surface area contributed by atoms with Crippen LogP contribution in [0.4, 0.5) is 5.69 Å². The number of nitrogens with zero attached hydrogens (tertiary/aromatic N) is 2. The lowest BCUT2D eigenvalue weighted by atomic mass is 10.0. The van der Waals surface area contributed by atoms with Crippen LogP contribution in [0.3, 0.4) is 0 Å². The van der Waals surface area contributed by atoms with Crippen molar-refractivity contribution in [2.45, 2.75) is 57.1 Å².